The number of aromatic nitrogens is 1. The largest absolute Gasteiger partial charge is 0.482 e. The minimum atomic E-state index is -0.318. The minimum absolute atomic E-state index is 0.00440. The van der Waals surface area contributed by atoms with Gasteiger partial charge in [0, 0.05) is 16.5 Å². The Morgan fingerprint density at radius 1 is 1.12 bits per heavy atom. The van der Waals surface area contributed by atoms with Crippen molar-refractivity contribution in [3.63, 3.8) is 0 Å². The number of rotatable bonds is 5. The molecule has 170 valence electrons. The van der Waals surface area contributed by atoms with E-state index >= 15 is 0 Å². The third-order valence-electron chi connectivity index (χ3n) is 5.33. The smallest absolute Gasteiger partial charge is 0.262 e. The van der Waals surface area contributed by atoms with Crippen LogP contribution in [0, 0.1) is 5.82 Å². The predicted octanol–water partition coefficient (Wildman–Crippen LogP) is 5.06. The van der Waals surface area contributed by atoms with Crippen LogP contribution in [-0.4, -0.2) is 22.9 Å². The normalized spacial score (nSPS) is 13.9. The quantitative estimate of drug-likeness (QED) is 0.413. The van der Waals surface area contributed by atoms with Gasteiger partial charge in [-0.3, -0.25) is 9.79 Å². The SMILES string of the molecule is CC(=Nn1c(-c2ccc3c(c2)NC(=O)CO3)csc1=NCc1ccccc1)c1cccc(F)c1. The zero-order valence-corrected chi connectivity index (χ0v) is 19.2. The standard InChI is InChI=1S/C26H21FN4O2S/c1-17(19-8-5-9-21(27)12-19)30-31-23(16-34-26(31)28-14-18-6-3-2-4-7-18)20-10-11-24-22(13-20)29-25(32)15-33-24/h2-13,16H,14-15H2,1H3,(H,29,32). The summed E-state index contributed by atoms with van der Waals surface area (Å²) in [5.74, 6) is 0.113. The summed E-state index contributed by atoms with van der Waals surface area (Å²) in [6.45, 7) is 2.35. The first-order valence-corrected chi connectivity index (χ1v) is 11.6. The fourth-order valence-corrected chi connectivity index (χ4v) is 4.44. The number of anilines is 1. The molecule has 0 saturated carbocycles. The average Bonchev–Trinajstić information content (AvgIpc) is 3.25. The van der Waals surface area contributed by atoms with Crippen LogP contribution in [0.15, 0.2) is 88.3 Å². The molecule has 1 aromatic heterocycles. The van der Waals surface area contributed by atoms with Gasteiger partial charge in [-0.1, -0.05) is 42.5 Å². The molecule has 0 fully saturated rings. The van der Waals surface area contributed by atoms with Crippen molar-refractivity contribution in [2.45, 2.75) is 13.5 Å². The number of thiazole rings is 1. The van der Waals surface area contributed by atoms with E-state index in [1.165, 1.54) is 23.5 Å². The second kappa shape index (κ2) is 9.44. The maximum absolute atomic E-state index is 13.8. The van der Waals surface area contributed by atoms with Gasteiger partial charge in [0.2, 0.25) is 4.80 Å². The summed E-state index contributed by atoms with van der Waals surface area (Å²) in [5, 5.41) is 9.63. The number of carbonyl (C=O) groups is 1. The Morgan fingerprint density at radius 2 is 1.97 bits per heavy atom. The van der Waals surface area contributed by atoms with Crippen LogP contribution in [0.5, 0.6) is 5.75 Å². The van der Waals surface area contributed by atoms with Crippen LogP contribution in [-0.2, 0) is 11.3 Å². The topological polar surface area (TPSA) is 68.0 Å². The zero-order chi connectivity index (χ0) is 23.5. The van der Waals surface area contributed by atoms with Crippen molar-refractivity contribution in [2.75, 3.05) is 11.9 Å². The Morgan fingerprint density at radius 3 is 2.79 bits per heavy atom. The van der Waals surface area contributed by atoms with Crippen LogP contribution in [0.1, 0.15) is 18.1 Å². The summed E-state index contributed by atoms with van der Waals surface area (Å²) in [6.07, 6.45) is 0. The number of hydrogen-bond acceptors (Lipinski definition) is 5. The first-order chi connectivity index (χ1) is 16.6. The van der Waals surface area contributed by atoms with E-state index in [-0.39, 0.29) is 18.3 Å². The summed E-state index contributed by atoms with van der Waals surface area (Å²) in [5.41, 5.74) is 4.68. The van der Waals surface area contributed by atoms with Crippen molar-refractivity contribution >= 4 is 28.6 Å². The number of carbonyl (C=O) groups excluding carboxylic acids is 1. The number of hydrogen-bond donors (Lipinski definition) is 1. The highest BCUT2D eigenvalue weighted by molar-refractivity contribution is 7.07. The second-order valence-corrected chi connectivity index (χ2v) is 8.60. The minimum Gasteiger partial charge on any atom is -0.482 e. The molecular formula is C26H21FN4O2S. The van der Waals surface area contributed by atoms with Gasteiger partial charge >= 0.3 is 0 Å². The average molecular weight is 473 g/mol. The Balaban J connectivity index is 1.61. The van der Waals surface area contributed by atoms with Gasteiger partial charge in [-0.2, -0.15) is 5.10 Å². The van der Waals surface area contributed by atoms with Gasteiger partial charge in [0.25, 0.3) is 5.91 Å². The Kier molecular flexibility index (Phi) is 6.05. The molecule has 0 spiro atoms. The number of fused-ring (bicyclic) bond motifs is 1. The van der Waals surface area contributed by atoms with Gasteiger partial charge in [-0.15, -0.1) is 11.3 Å². The first kappa shape index (κ1) is 21.8. The molecular weight excluding hydrogens is 451 g/mol. The second-order valence-electron chi connectivity index (χ2n) is 7.76. The molecule has 1 aliphatic heterocycles. The lowest BCUT2D eigenvalue weighted by Crippen LogP contribution is -2.25. The molecule has 0 saturated heterocycles. The summed E-state index contributed by atoms with van der Waals surface area (Å²) in [4.78, 5) is 17.3. The summed E-state index contributed by atoms with van der Waals surface area (Å²) >= 11 is 1.47. The number of nitrogens with one attached hydrogen (secondary N) is 1. The van der Waals surface area contributed by atoms with Crippen molar-refractivity contribution in [2.24, 2.45) is 10.1 Å². The number of halogens is 1. The lowest BCUT2D eigenvalue weighted by atomic mass is 10.1. The number of nitrogens with zero attached hydrogens (tertiary/aromatic N) is 3. The molecule has 3 aromatic carbocycles. The molecule has 1 amide bonds. The highest BCUT2D eigenvalue weighted by atomic mass is 32.1. The highest BCUT2D eigenvalue weighted by Gasteiger charge is 2.18. The van der Waals surface area contributed by atoms with E-state index in [4.69, 9.17) is 14.8 Å². The number of benzene rings is 3. The molecule has 0 radical (unpaired) electrons. The Labute approximate surface area is 199 Å². The van der Waals surface area contributed by atoms with Crippen LogP contribution in [0.2, 0.25) is 0 Å². The summed E-state index contributed by atoms with van der Waals surface area (Å²) in [7, 11) is 0. The molecule has 1 N–H and O–H groups in total. The Hall–Kier alpha value is -4.04. The van der Waals surface area contributed by atoms with Crippen LogP contribution in [0.3, 0.4) is 0 Å². The van der Waals surface area contributed by atoms with E-state index in [2.05, 4.69) is 5.32 Å². The maximum Gasteiger partial charge on any atom is 0.262 e. The van der Waals surface area contributed by atoms with Gasteiger partial charge in [0.1, 0.15) is 11.6 Å². The van der Waals surface area contributed by atoms with Crippen molar-refractivity contribution < 1.29 is 13.9 Å². The molecule has 4 aromatic rings. The third-order valence-corrected chi connectivity index (χ3v) is 6.18. The van der Waals surface area contributed by atoms with Crippen LogP contribution in [0.4, 0.5) is 10.1 Å². The Bertz CT molecular complexity index is 1460. The molecule has 0 unspecified atom stereocenters. The van der Waals surface area contributed by atoms with Crippen LogP contribution < -0.4 is 14.9 Å². The third kappa shape index (κ3) is 4.67. The molecule has 2 heterocycles. The van der Waals surface area contributed by atoms with E-state index < -0.39 is 0 Å². The van der Waals surface area contributed by atoms with Crippen molar-refractivity contribution in [3.05, 3.63) is 99.9 Å². The fraction of sp³-hybridized carbons (Fsp3) is 0.115. The molecule has 1 aliphatic rings. The van der Waals surface area contributed by atoms with Gasteiger partial charge in [-0.25, -0.2) is 9.07 Å². The lowest BCUT2D eigenvalue weighted by molar-refractivity contribution is -0.118. The zero-order valence-electron chi connectivity index (χ0n) is 18.4. The van der Waals surface area contributed by atoms with E-state index in [0.717, 1.165) is 16.8 Å². The van der Waals surface area contributed by atoms with Crippen LogP contribution in [0.25, 0.3) is 11.3 Å². The number of amides is 1. The molecule has 5 rings (SSSR count). The van der Waals surface area contributed by atoms with E-state index in [9.17, 15) is 9.18 Å². The highest BCUT2D eigenvalue weighted by Crippen LogP contribution is 2.33. The summed E-state index contributed by atoms with van der Waals surface area (Å²) in [6, 6.07) is 21.9. The van der Waals surface area contributed by atoms with Crippen molar-refractivity contribution in [1.29, 1.82) is 0 Å². The fourth-order valence-electron chi connectivity index (χ4n) is 3.61. The van der Waals surface area contributed by atoms with E-state index in [0.29, 0.717) is 34.1 Å². The monoisotopic (exact) mass is 472 g/mol. The first-order valence-electron chi connectivity index (χ1n) is 10.7. The molecule has 0 bridgehead atoms. The number of ether oxygens (including phenoxy) is 1. The molecule has 0 atom stereocenters. The van der Waals surface area contributed by atoms with Crippen LogP contribution >= 0.6 is 11.3 Å². The molecule has 34 heavy (non-hydrogen) atoms. The summed E-state index contributed by atoms with van der Waals surface area (Å²) < 4.78 is 21.1. The van der Waals surface area contributed by atoms with Crippen molar-refractivity contribution in [3.8, 4) is 17.0 Å². The molecule has 8 heteroatoms. The van der Waals surface area contributed by atoms with Gasteiger partial charge in [0.15, 0.2) is 6.61 Å². The predicted molar refractivity (Wildman–Crippen MR) is 132 cm³/mol. The van der Waals surface area contributed by atoms with E-state index in [1.807, 2.05) is 66.9 Å². The van der Waals surface area contributed by atoms with Gasteiger partial charge in [0.05, 0.1) is 23.6 Å². The van der Waals surface area contributed by atoms with Crippen molar-refractivity contribution in [1.82, 2.24) is 4.68 Å². The van der Waals surface area contributed by atoms with Gasteiger partial charge < -0.3 is 10.1 Å². The van der Waals surface area contributed by atoms with E-state index in [1.54, 1.807) is 10.7 Å². The molecule has 6 nitrogen and oxygen atoms in total. The molecule has 0 aliphatic carbocycles. The maximum atomic E-state index is 13.8. The van der Waals surface area contributed by atoms with Gasteiger partial charge in [-0.05, 0) is 42.8 Å². The lowest BCUT2D eigenvalue weighted by Gasteiger charge is -2.18.